The first kappa shape index (κ1) is 21.0. The van der Waals surface area contributed by atoms with Gasteiger partial charge < -0.3 is 24.0 Å². The Morgan fingerprint density at radius 2 is 2.06 bits per heavy atom. The van der Waals surface area contributed by atoms with Crippen molar-refractivity contribution in [3.8, 4) is 17.1 Å². The summed E-state index contributed by atoms with van der Waals surface area (Å²) in [4.78, 5) is 27.7. The molecule has 0 bridgehead atoms. The van der Waals surface area contributed by atoms with E-state index in [-0.39, 0.29) is 6.09 Å². The minimum Gasteiger partial charge on any atom is -0.497 e. The van der Waals surface area contributed by atoms with E-state index in [4.69, 9.17) is 24.2 Å². The predicted octanol–water partition coefficient (Wildman–Crippen LogP) is 3.72. The molecule has 2 aliphatic rings. The molecular formula is C23H26N4O4S. The number of thiophene rings is 1. The molecule has 1 fully saturated rings. The highest BCUT2D eigenvalue weighted by atomic mass is 32.1. The fourth-order valence-corrected chi connectivity index (χ4v) is 5.43. The monoisotopic (exact) mass is 454 g/mol. The van der Waals surface area contributed by atoms with Crippen molar-refractivity contribution in [2.45, 2.75) is 19.9 Å². The van der Waals surface area contributed by atoms with Gasteiger partial charge in [-0.05, 0) is 25.5 Å². The summed E-state index contributed by atoms with van der Waals surface area (Å²) < 4.78 is 17.3. The number of fused-ring (bicyclic) bond motifs is 3. The van der Waals surface area contributed by atoms with Crippen LogP contribution >= 0.6 is 11.3 Å². The Kier molecular flexibility index (Phi) is 5.84. The van der Waals surface area contributed by atoms with E-state index in [9.17, 15) is 4.79 Å². The minimum atomic E-state index is -0.270. The van der Waals surface area contributed by atoms with E-state index in [0.717, 1.165) is 52.4 Å². The summed E-state index contributed by atoms with van der Waals surface area (Å²) in [6.45, 7) is 6.31. The van der Waals surface area contributed by atoms with Crippen molar-refractivity contribution in [3.63, 3.8) is 0 Å². The lowest BCUT2D eigenvalue weighted by molar-refractivity contribution is 0.103. The molecule has 168 valence electrons. The topological polar surface area (TPSA) is 77.0 Å². The summed E-state index contributed by atoms with van der Waals surface area (Å²) >= 11 is 1.75. The zero-order valence-corrected chi connectivity index (χ0v) is 19.1. The van der Waals surface area contributed by atoms with E-state index in [1.165, 1.54) is 4.88 Å². The van der Waals surface area contributed by atoms with Gasteiger partial charge in [-0.3, -0.25) is 0 Å². The van der Waals surface area contributed by atoms with Crippen molar-refractivity contribution in [2.24, 2.45) is 0 Å². The molecule has 0 unspecified atom stereocenters. The molecule has 0 radical (unpaired) electrons. The minimum absolute atomic E-state index is 0.270. The molecule has 3 aromatic rings. The molecule has 0 aliphatic carbocycles. The number of morpholine rings is 1. The standard InChI is InChI=1S/C23H26N4O4S/c1-3-31-23(28)27-8-7-18-17(14-27)19-20(32-18)22(26-9-11-30-12-10-26)25-21(24-19)15-5-4-6-16(13-15)29-2/h4-6,13H,3,7-12,14H2,1-2H3. The number of amides is 1. The fraction of sp³-hybridized carbons (Fsp3) is 0.435. The highest BCUT2D eigenvalue weighted by Crippen LogP contribution is 2.40. The lowest BCUT2D eigenvalue weighted by Crippen LogP contribution is -2.37. The van der Waals surface area contributed by atoms with Crippen LogP contribution in [-0.2, 0) is 22.4 Å². The summed E-state index contributed by atoms with van der Waals surface area (Å²) in [5.41, 5.74) is 2.93. The second-order valence-electron chi connectivity index (χ2n) is 7.75. The van der Waals surface area contributed by atoms with E-state index in [1.54, 1.807) is 23.3 Å². The Hall–Kier alpha value is -2.91. The maximum absolute atomic E-state index is 12.4. The summed E-state index contributed by atoms with van der Waals surface area (Å²) in [6.07, 6.45) is 0.527. The van der Waals surface area contributed by atoms with Crippen molar-refractivity contribution >= 4 is 33.5 Å². The number of ether oxygens (including phenoxy) is 3. The van der Waals surface area contributed by atoms with Crippen LogP contribution in [0.4, 0.5) is 10.6 Å². The summed E-state index contributed by atoms with van der Waals surface area (Å²) in [5, 5.41) is 0. The number of aromatic nitrogens is 2. The molecule has 1 amide bonds. The van der Waals surface area contributed by atoms with Gasteiger partial charge in [-0.25, -0.2) is 14.8 Å². The third kappa shape index (κ3) is 3.86. The number of benzene rings is 1. The first-order chi connectivity index (χ1) is 15.7. The molecule has 32 heavy (non-hydrogen) atoms. The van der Waals surface area contributed by atoms with Crippen molar-refractivity contribution in [1.82, 2.24) is 14.9 Å². The van der Waals surface area contributed by atoms with Gasteiger partial charge in [0.25, 0.3) is 0 Å². The van der Waals surface area contributed by atoms with Gasteiger partial charge in [0.1, 0.15) is 5.75 Å². The molecule has 0 N–H and O–H groups in total. The maximum atomic E-state index is 12.4. The zero-order chi connectivity index (χ0) is 22.1. The molecule has 0 atom stereocenters. The smallest absolute Gasteiger partial charge is 0.410 e. The number of methoxy groups -OCH3 is 1. The molecule has 0 saturated carbocycles. The third-order valence-electron chi connectivity index (χ3n) is 5.82. The van der Waals surface area contributed by atoms with Crippen LogP contribution in [0.3, 0.4) is 0 Å². The Balaban J connectivity index is 1.64. The third-order valence-corrected chi connectivity index (χ3v) is 7.09. The molecule has 2 aromatic heterocycles. The van der Waals surface area contributed by atoms with Crippen molar-refractivity contribution in [2.75, 3.05) is 51.5 Å². The number of carbonyl (C=O) groups excluding carboxylic acids is 1. The summed E-state index contributed by atoms with van der Waals surface area (Å²) in [6, 6.07) is 7.81. The zero-order valence-electron chi connectivity index (χ0n) is 18.3. The lowest BCUT2D eigenvalue weighted by Gasteiger charge is -2.28. The Morgan fingerprint density at radius 1 is 1.22 bits per heavy atom. The SMILES string of the molecule is CCOC(=O)N1CCc2sc3c(N4CCOCC4)nc(-c4cccc(OC)c4)nc3c2C1. The maximum Gasteiger partial charge on any atom is 0.410 e. The summed E-state index contributed by atoms with van der Waals surface area (Å²) in [7, 11) is 1.65. The lowest BCUT2D eigenvalue weighted by atomic mass is 10.1. The van der Waals surface area contributed by atoms with Gasteiger partial charge in [-0.1, -0.05) is 12.1 Å². The second-order valence-corrected chi connectivity index (χ2v) is 8.86. The van der Waals surface area contributed by atoms with Crippen LogP contribution in [-0.4, -0.2) is 67.5 Å². The van der Waals surface area contributed by atoms with Gasteiger partial charge in [-0.15, -0.1) is 11.3 Å². The van der Waals surface area contributed by atoms with Gasteiger partial charge >= 0.3 is 6.09 Å². The highest BCUT2D eigenvalue weighted by Gasteiger charge is 2.29. The van der Waals surface area contributed by atoms with E-state index in [0.29, 0.717) is 38.7 Å². The largest absolute Gasteiger partial charge is 0.497 e. The molecule has 9 heteroatoms. The number of hydrogen-bond donors (Lipinski definition) is 0. The molecule has 4 heterocycles. The average molecular weight is 455 g/mol. The molecule has 0 spiro atoms. The number of anilines is 1. The summed E-state index contributed by atoms with van der Waals surface area (Å²) in [5.74, 6) is 2.37. The molecule has 5 rings (SSSR count). The van der Waals surface area contributed by atoms with E-state index < -0.39 is 0 Å². The Bertz CT molecular complexity index is 1140. The average Bonchev–Trinajstić information content (AvgIpc) is 3.22. The fourth-order valence-electron chi connectivity index (χ4n) is 4.18. The van der Waals surface area contributed by atoms with Crippen molar-refractivity contribution in [1.29, 1.82) is 0 Å². The number of hydrogen-bond acceptors (Lipinski definition) is 8. The first-order valence-electron chi connectivity index (χ1n) is 10.9. The molecule has 1 aromatic carbocycles. The van der Waals surface area contributed by atoms with Crippen LogP contribution in [0, 0.1) is 0 Å². The number of nitrogens with zero attached hydrogens (tertiary/aromatic N) is 4. The molecule has 8 nitrogen and oxygen atoms in total. The quantitative estimate of drug-likeness (QED) is 0.595. The molecule has 1 saturated heterocycles. The number of carbonyl (C=O) groups is 1. The van der Waals surface area contributed by atoms with E-state index in [1.807, 2.05) is 31.2 Å². The second kappa shape index (κ2) is 8.91. The van der Waals surface area contributed by atoms with E-state index in [2.05, 4.69) is 4.90 Å². The van der Waals surface area contributed by atoms with Gasteiger partial charge in [-0.2, -0.15) is 0 Å². The van der Waals surface area contributed by atoms with Gasteiger partial charge in [0, 0.05) is 35.6 Å². The Morgan fingerprint density at radius 3 is 2.84 bits per heavy atom. The normalized spacial score (nSPS) is 16.2. The Labute approximate surface area is 190 Å². The van der Waals surface area contributed by atoms with Crippen LogP contribution in [0.5, 0.6) is 5.75 Å². The number of rotatable bonds is 4. The van der Waals surface area contributed by atoms with Crippen LogP contribution in [0.25, 0.3) is 21.6 Å². The van der Waals surface area contributed by atoms with Crippen LogP contribution in [0.1, 0.15) is 17.4 Å². The van der Waals surface area contributed by atoms with Crippen LogP contribution < -0.4 is 9.64 Å². The van der Waals surface area contributed by atoms with Crippen LogP contribution in [0.2, 0.25) is 0 Å². The van der Waals surface area contributed by atoms with Gasteiger partial charge in [0.2, 0.25) is 0 Å². The van der Waals surface area contributed by atoms with Crippen molar-refractivity contribution < 1.29 is 19.0 Å². The molecule has 2 aliphatic heterocycles. The molecular weight excluding hydrogens is 428 g/mol. The predicted molar refractivity (Wildman–Crippen MR) is 124 cm³/mol. The van der Waals surface area contributed by atoms with Crippen molar-refractivity contribution in [3.05, 3.63) is 34.7 Å². The van der Waals surface area contributed by atoms with Gasteiger partial charge in [0.05, 0.1) is 43.7 Å². The van der Waals surface area contributed by atoms with E-state index >= 15 is 0 Å². The highest BCUT2D eigenvalue weighted by molar-refractivity contribution is 7.19. The first-order valence-corrected chi connectivity index (χ1v) is 11.7. The van der Waals surface area contributed by atoms with Crippen LogP contribution in [0.15, 0.2) is 24.3 Å². The van der Waals surface area contributed by atoms with Gasteiger partial charge in [0.15, 0.2) is 11.6 Å².